The minimum Gasteiger partial charge on any atom is -0.384 e. The lowest BCUT2D eigenvalue weighted by atomic mass is 9.98. The first-order valence-electron chi connectivity index (χ1n) is 7.71. The summed E-state index contributed by atoms with van der Waals surface area (Å²) in [5.74, 6) is 0. The molecule has 0 fully saturated rings. The molecule has 0 radical (unpaired) electrons. The summed E-state index contributed by atoms with van der Waals surface area (Å²) >= 11 is 0. The van der Waals surface area contributed by atoms with Crippen molar-refractivity contribution >= 4 is 5.69 Å². The van der Waals surface area contributed by atoms with Gasteiger partial charge in [0.25, 0.3) is 0 Å². The average molecular weight is 298 g/mol. The SMILES string of the molecule is CCOC(OC)c1ccc(-c2cc(C)cc3c2CCN3)nc1. The zero-order valence-corrected chi connectivity index (χ0v) is 13.3. The van der Waals surface area contributed by atoms with E-state index in [0.717, 1.165) is 24.2 Å². The van der Waals surface area contributed by atoms with Crippen LogP contribution in [-0.4, -0.2) is 25.2 Å². The molecule has 1 unspecified atom stereocenters. The van der Waals surface area contributed by atoms with Gasteiger partial charge in [-0.25, -0.2) is 0 Å². The molecule has 0 amide bonds. The van der Waals surface area contributed by atoms with Crippen molar-refractivity contribution in [3.8, 4) is 11.3 Å². The highest BCUT2D eigenvalue weighted by molar-refractivity contribution is 5.75. The number of benzene rings is 1. The number of pyridine rings is 1. The van der Waals surface area contributed by atoms with E-state index in [1.165, 1.54) is 22.4 Å². The van der Waals surface area contributed by atoms with Crippen molar-refractivity contribution in [2.45, 2.75) is 26.6 Å². The number of ether oxygens (including phenoxy) is 2. The topological polar surface area (TPSA) is 43.4 Å². The first-order chi connectivity index (χ1) is 10.7. The third-order valence-corrected chi connectivity index (χ3v) is 3.95. The molecule has 1 aliphatic heterocycles. The van der Waals surface area contributed by atoms with E-state index in [2.05, 4.69) is 29.4 Å². The van der Waals surface area contributed by atoms with Crippen molar-refractivity contribution in [1.82, 2.24) is 4.98 Å². The van der Waals surface area contributed by atoms with E-state index >= 15 is 0 Å². The Hall–Kier alpha value is -1.91. The standard InChI is InChI=1S/C18H22N2O2/c1-4-22-18(21-3)13-5-6-16(20-11-13)15-9-12(2)10-17-14(15)7-8-19-17/h5-6,9-11,18-19H,4,7-8H2,1-3H3. The third kappa shape index (κ3) is 2.85. The van der Waals surface area contributed by atoms with Gasteiger partial charge in [-0.1, -0.05) is 6.07 Å². The van der Waals surface area contributed by atoms with Gasteiger partial charge < -0.3 is 14.8 Å². The normalized spacial score (nSPS) is 14.5. The molecule has 1 N–H and O–H groups in total. The van der Waals surface area contributed by atoms with E-state index in [1.807, 2.05) is 25.3 Å². The van der Waals surface area contributed by atoms with Crippen molar-refractivity contribution in [2.24, 2.45) is 0 Å². The number of nitrogens with one attached hydrogen (secondary N) is 1. The lowest BCUT2D eigenvalue weighted by Crippen LogP contribution is -2.06. The highest BCUT2D eigenvalue weighted by Gasteiger charge is 2.17. The van der Waals surface area contributed by atoms with Gasteiger partial charge in [-0.15, -0.1) is 0 Å². The van der Waals surface area contributed by atoms with Crippen LogP contribution in [0.4, 0.5) is 5.69 Å². The summed E-state index contributed by atoms with van der Waals surface area (Å²) in [6.07, 6.45) is 2.54. The van der Waals surface area contributed by atoms with Crippen molar-refractivity contribution in [3.63, 3.8) is 0 Å². The molecule has 1 atom stereocenters. The fraction of sp³-hybridized carbons (Fsp3) is 0.389. The fourth-order valence-corrected chi connectivity index (χ4v) is 2.95. The van der Waals surface area contributed by atoms with Crippen LogP contribution in [-0.2, 0) is 15.9 Å². The largest absolute Gasteiger partial charge is 0.384 e. The first-order valence-corrected chi connectivity index (χ1v) is 7.71. The van der Waals surface area contributed by atoms with E-state index in [9.17, 15) is 0 Å². The van der Waals surface area contributed by atoms with Gasteiger partial charge in [-0.3, -0.25) is 4.98 Å². The molecule has 116 valence electrons. The fourth-order valence-electron chi connectivity index (χ4n) is 2.95. The predicted molar refractivity (Wildman–Crippen MR) is 88.0 cm³/mol. The Morgan fingerprint density at radius 2 is 2.18 bits per heavy atom. The molecule has 1 aliphatic rings. The van der Waals surface area contributed by atoms with E-state index in [0.29, 0.717) is 6.61 Å². The minimum absolute atomic E-state index is 0.351. The maximum atomic E-state index is 5.54. The smallest absolute Gasteiger partial charge is 0.184 e. The Morgan fingerprint density at radius 3 is 2.86 bits per heavy atom. The molecule has 2 heterocycles. The molecular formula is C18H22N2O2. The molecular weight excluding hydrogens is 276 g/mol. The van der Waals surface area contributed by atoms with Crippen LogP contribution in [0.25, 0.3) is 11.3 Å². The van der Waals surface area contributed by atoms with Crippen molar-refractivity contribution in [1.29, 1.82) is 0 Å². The van der Waals surface area contributed by atoms with Crippen molar-refractivity contribution < 1.29 is 9.47 Å². The van der Waals surface area contributed by atoms with Crippen LogP contribution >= 0.6 is 0 Å². The van der Waals surface area contributed by atoms with Gasteiger partial charge in [-0.2, -0.15) is 0 Å². The number of anilines is 1. The summed E-state index contributed by atoms with van der Waals surface area (Å²) in [6.45, 7) is 5.68. The van der Waals surface area contributed by atoms with Crippen molar-refractivity contribution in [2.75, 3.05) is 25.6 Å². The lowest BCUT2D eigenvalue weighted by Gasteiger charge is -2.16. The number of aryl methyl sites for hydroxylation is 1. The zero-order valence-electron chi connectivity index (χ0n) is 13.3. The quantitative estimate of drug-likeness (QED) is 0.855. The summed E-state index contributed by atoms with van der Waals surface area (Å²) in [6, 6.07) is 8.50. The van der Waals surface area contributed by atoms with Crippen LogP contribution < -0.4 is 5.32 Å². The Kier molecular flexibility index (Phi) is 4.41. The molecule has 0 saturated heterocycles. The highest BCUT2D eigenvalue weighted by Crippen LogP contribution is 2.33. The minimum atomic E-state index is -0.351. The molecule has 22 heavy (non-hydrogen) atoms. The molecule has 0 bridgehead atoms. The molecule has 4 heteroatoms. The molecule has 0 aliphatic carbocycles. The van der Waals surface area contributed by atoms with Crippen LogP contribution in [0.5, 0.6) is 0 Å². The van der Waals surface area contributed by atoms with Gasteiger partial charge in [0, 0.05) is 43.3 Å². The number of hydrogen-bond donors (Lipinski definition) is 1. The molecule has 0 saturated carbocycles. The van der Waals surface area contributed by atoms with Crippen LogP contribution in [0.15, 0.2) is 30.5 Å². The van der Waals surface area contributed by atoms with Crippen LogP contribution in [0.1, 0.15) is 29.9 Å². The van der Waals surface area contributed by atoms with Crippen LogP contribution in [0.2, 0.25) is 0 Å². The molecule has 1 aromatic carbocycles. The summed E-state index contributed by atoms with van der Waals surface area (Å²) in [4.78, 5) is 4.63. The number of aromatic nitrogens is 1. The zero-order chi connectivity index (χ0) is 15.5. The average Bonchev–Trinajstić information content (AvgIpc) is 3.00. The highest BCUT2D eigenvalue weighted by atomic mass is 16.7. The lowest BCUT2D eigenvalue weighted by molar-refractivity contribution is -0.124. The second-order valence-corrected chi connectivity index (χ2v) is 5.52. The molecule has 3 rings (SSSR count). The molecule has 2 aromatic rings. The number of rotatable bonds is 5. The molecule has 0 spiro atoms. The van der Waals surface area contributed by atoms with Gasteiger partial charge in [0.05, 0.1) is 5.69 Å². The monoisotopic (exact) mass is 298 g/mol. The number of nitrogens with zero attached hydrogens (tertiary/aromatic N) is 1. The van der Waals surface area contributed by atoms with E-state index in [-0.39, 0.29) is 6.29 Å². The summed E-state index contributed by atoms with van der Waals surface area (Å²) < 4.78 is 10.9. The summed E-state index contributed by atoms with van der Waals surface area (Å²) in [5, 5.41) is 3.44. The second-order valence-electron chi connectivity index (χ2n) is 5.52. The number of methoxy groups -OCH3 is 1. The van der Waals surface area contributed by atoms with Gasteiger partial charge in [0.1, 0.15) is 0 Å². The van der Waals surface area contributed by atoms with E-state index in [4.69, 9.17) is 9.47 Å². The maximum Gasteiger partial charge on any atom is 0.184 e. The van der Waals surface area contributed by atoms with Crippen LogP contribution in [0, 0.1) is 6.92 Å². The predicted octanol–water partition coefficient (Wildman–Crippen LogP) is 3.71. The maximum absolute atomic E-state index is 5.54. The Balaban J connectivity index is 1.94. The van der Waals surface area contributed by atoms with Crippen molar-refractivity contribution in [3.05, 3.63) is 47.2 Å². The Bertz CT molecular complexity index is 653. The first kappa shape index (κ1) is 15.0. The summed E-state index contributed by atoms with van der Waals surface area (Å²) in [5.41, 5.74) is 7.01. The third-order valence-electron chi connectivity index (χ3n) is 3.95. The van der Waals surface area contributed by atoms with Gasteiger partial charge in [0.15, 0.2) is 6.29 Å². The molecule has 4 nitrogen and oxygen atoms in total. The van der Waals surface area contributed by atoms with E-state index < -0.39 is 0 Å². The second kappa shape index (κ2) is 6.46. The molecule has 1 aromatic heterocycles. The summed E-state index contributed by atoms with van der Waals surface area (Å²) in [7, 11) is 1.65. The number of hydrogen-bond acceptors (Lipinski definition) is 4. The van der Waals surface area contributed by atoms with E-state index in [1.54, 1.807) is 7.11 Å². The van der Waals surface area contributed by atoms with Gasteiger partial charge in [-0.05, 0) is 49.6 Å². The van der Waals surface area contributed by atoms with Crippen LogP contribution in [0.3, 0.4) is 0 Å². The van der Waals surface area contributed by atoms with Gasteiger partial charge >= 0.3 is 0 Å². The Morgan fingerprint density at radius 1 is 1.32 bits per heavy atom. The number of fused-ring (bicyclic) bond motifs is 1. The Labute approximate surface area is 131 Å². The van der Waals surface area contributed by atoms with Gasteiger partial charge in [0.2, 0.25) is 0 Å².